The Morgan fingerprint density at radius 3 is 2.71 bits per heavy atom. The summed E-state index contributed by atoms with van der Waals surface area (Å²) in [5.41, 5.74) is -0.319. The summed E-state index contributed by atoms with van der Waals surface area (Å²) < 4.78 is 65.0. The Bertz CT molecular complexity index is 864. The van der Waals surface area contributed by atoms with Gasteiger partial charge in [-0.05, 0) is 18.2 Å². The molecule has 0 aliphatic rings. The second-order valence-corrected chi connectivity index (χ2v) is 5.18. The van der Waals surface area contributed by atoms with Crippen LogP contribution in [-0.2, 0) is 19.8 Å². The fourth-order valence-electron chi connectivity index (χ4n) is 2.32. The fraction of sp³-hybridized carbons (Fsp3) is 0.286. The first kappa shape index (κ1) is 16.2. The van der Waals surface area contributed by atoms with Crippen molar-refractivity contribution in [2.45, 2.75) is 19.1 Å². The first-order valence-electron chi connectivity index (χ1n) is 6.85. The van der Waals surface area contributed by atoms with E-state index in [9.17, 15) is 22.0 Å². The number of aryl methyl sites for hydroxylation is 1. The maximum atomic E-state index is 12.9. The second kappa shape index (κ2) is 5.77. The molecule has 5 nitrogen and oxygen atoms in total. The van der Waals surface area contributed by atoms with E-state index in [-0.39, 0.29) is 29.3 Å². The summed E-state index contributed by atoms with van der Waals surface area (Å²) in [6.07, 6.45) is -5.72. The summed E-state index contributed by atoms with van der Waals surface area (Å²) in [5.74, 6) is 0.188. The number of benzene rings is 1. The Kier molecular flexibility index (Phi) is 3.90. The van der Waals surface area contributed by atoms with Gasteiger partial charge in [0.25, 0.3) is 6.43 Å². The quantitative estimate of drug-likeness (QED) is 0.706. The smallest absolute Gasteiger partial charge is 0.352 e. The average molecular weight is 345 g/mol. The molecule has 3 aromatic rings. The van der Waals surface area contributed by atoms with Crippen LogP contribution in [0.3, 0.4) is 0 Å². The Hall–Kier alpha value is -2.65. The van der Waals surface area contributed by atoms with Gasteiger partial charge in [-0.15, -0.1) is 0 Å². The van der Waals surface area contributed by atoms with Gasteiger partial charge in [-0.25, -0.2) is 13.8 Å². The molecule has 2 aromatic heterocycles. The molecule has 0 aliphatic heterocycles. The lowest BCUT2D eigenvalue weighted by Gasteiger charge is -2.05. The lowest BCUT2D eigenvalue weighted by atomic mass is 10.2. The molecule has 3 rings (SSSR count). The topological polar surface area (TPSA) is 58.5 Å². The maximum Gasteiger partial charge on any atom is 0.416 e. The van der Waals surface area contributed by atoms with Crippen molar-refractivity contribution < 1.29 is 22.0 Å². The van der Waals surface area contributed by atoms with Crippen LogP contribution in [0, 0.1) is 0 Å². The first-order chi connectivity index (χ1) is 11.2. The van der Waals surface area contributed by atoms with Gasteiger partial charge < -0.3 is 10.3 Å². The standard InChI is InChI=1S/C14H12F5N5/c1-24-6-7(11(23-24)12(15)16)5-20-13-21-9-3-2-8(14(17,18)19)4-10(9)22-13/h2-4,6,12H,5H2,1H3,(H2,20,21,22). The van der Waals surface area contributed by atoms with E-state index >= 15 is 0 Å². The van der Waals surface area contributed by atoms with E-state index in [0.29, 0.717) is 5.52 Å². The van der Waals surface area contributed by atoms with Gasteiger partial charge in [-0.1, -0.05) is 0 Å². The molecule has 0 aliphatic carbocycles. The summed E-state index contributed by atoms with van der Waals surface area (Å²) in [6, 6.07) is 3.12. The minimum atomic E-state index is -4.45. The first-order valence-corrected chi connectivity index (χ1v) is 6.85. The third-order valence-electron chi connectivity index (χ3n) is 3.40. The SMILES string of the molecule is Cn1cc(CNc2nc3ccc(C(F)(F)F)cc3[nH]2)c(C(F)F)n1. The van der Waals surface area contributed by atoms with Gasteiger partial charge in [0, 0.05) is 25.4 Å². The summed E-state index contributed by atoms with van der Waals surface area (Å²) in [6.45, 7) is 0.0134. The lowest BCUT2D eigenvalue weighted by Crippen LogP contribution is -2.04. The molecule has 24 heavy (non-hydrogen) atoms. The third kappa shape index (κ3) is 3.17. The molecule has 10 heteroatoms. The number of fused-ring (bicyclic) bond motifs is 1. The van der Waals surface area contributed by atoms with Crippen LogP contribution in [0.2, 0.25) is 0 Å². The normalized spacial score (nSPS) is 12.3. The molecule has 128 valence electrons. The van der Waals surface area contributed by atoms with Crippen LogP contribution in [0.1, 0.15) is 23.2 Å². The number of alkyl halides is 5. The molecule has 0 saturated heterocycles. The number of hydrogen-bond acceptors (Lipinski definition) is 3. The van der Waals surface area contributed by atoms with Gasteiger partial charge in [-0.3, -0.25) is 4.68 Å². The predicted molar refractivity (Wildman–Crippen MR) is 76.6 cm³/mol. The summed E-state index contributed by atoms with van der Waals surface area (Å²) in [5, 5.41) is 6.46. The van der Waals surface area contributed by atoms with Crippen LogP contribution < -0.4 is 5.32 Å². The number of aromatic nitrogens is 4. The van der Waals surface area contributed by atoms with Crippen molar-refractivity contribution in [3.8, 4) is 0 Å². The number of anilines is 1. The van der Waals surface area contributed by atoms with Crippen LogP contribution in [0.5, 0.6) is 0 Å². The highest BCUT2D eigenvalue weighted by Gasteiger charge is 2.30. The molecule has 0 unspecified atom stereocenters. The van der Waals surface area contributed by atoms with Gasteiger partial charge in [0.15, 0.2) is 0 Å². The Balaban J connectivity index is 1.81. The molecule has 0 bridgehead atoms. The minimum absolute atomic E-state index is 0.0134. The Morgan fingerprint density at radius 2 is 2.04 bits per heavy atom. The molecule has 1 aromatic carbocycles. The van der Waals surface area contributed by atoms with Crippen LogP contribution in [0.15, 0.2) is 24.4 Å². The van der Waals surface area contributed by atoms with E-state index < -0.39 is 18.2 Å². The van der Waals surface area contributed by atoms with Gasteiger partial charge in [0.1, 0.15) is 5.69 Å². The van der Waals surface area contributed by atoms with Crippen LogP contribution >= 0.6 is 0 Å². The van der Waals surface area contributed by atoms with Crippen molar-refractivity contribution in [3.05, 3.63) is 41.2 Å². The van der Waals surface area contributed by atoms with Gasteiger partial charge >= 0.3 is 6.18 Å². The maximum absolute atomic E-state index is 12.9. The average Bonchev–Trinajstić information content (AvgIpc) is 3.06. The van der Waals surface area contributed by atoms with Crippen molar-refractivity contribution >= 4 is 17.0 Å². The summed E-state index contributed by atoms with van der Waals surface area (Å²) in [7, 11) is 1.52. The van der Waals surface area contributed by atoms with E-state index in [2.05, 4.69) is 20.4 Å². The highest BCUT2D eigenvalue weighted by atomic mass is 19.4. The Labute approximate surface area is 132 Å². The van der Waals surface area contributed by atoms with E-state index in [1.165, 1.54) is 24.0 Å². The number of halogens is 5. The molecule has 0 fully saturated rings. The van der Waals surface area contributed by atoms with E-state index in [1.807, 2.05) is 0 Å². The zero-order valence-corrected chi connectivity index (χ0v) is 12.3. The van der Waals surface area contributed by atoms with Gasteiger partial charge in [0.2, 0.25) is 5.95 Å². The number of imidazole rings is 1. The molecule has 0 saturated carbocycles. The number of nitrogens with zero attached hydrogens (tertiary/aromatic N) is 3. The molecule has 0 amide bonds. The summed E-state index contributed by atoms with van der Waals surface area (Å²) in [4.78, 5) is 6.78. The van der Waals surface area contributed by atoms with E-state index in [4.69, 9.17) is 0 Å². The molecule has 0 radical (unpaired) electrons. The van der Waals surface area contributed by atoms with Crippen molar-refractivity contribution in [2.24, 2.45) is 7.05 Å². The lowest BCUT2D eigenvalue weighted by molar-refractivity contribution is -0.137. The summed E-state index contributed by atoms with van der Waals surface area (Å²) >= 11 is 0. The molecular weight excluding hydrogens is 333 g/mol. The number of aromatic amines is 1. The predicted octanol–water partition coefficient (Wildman–Crippen LogP) is 3.86. The fourth-order valence-corrected chi connectivity index (χ4v) is 2.32. The van der Waals surface area contributed by atoms with Crippen LogP contribution in [0.25, 0.3) is 11.0 Å². The number of H-pyrrole nitrogens is 1. The molecule has 0 atom stereocenters. The van der Waals surface area contributed by atoms with Gasteiger partial charge in [0.05, 0.1) is 16.6 Å². The molecule has 0 spiro atoms. The minimum Gasteiger partial charge on any atom is -0.352 e. The largest absolute Gasteiger partial charge is 0.416 e. The second-order valence-electron chi connectivity index (χ2n) is 5.18. The zero-order valence-electron chi connectivity index (χ0n) is 12.3. The molecule has 2 heterocycles. The van der Waals surface area contributed by atoms with Crippen molar-refractivity contribution in [1.29, 1.82) is 0 Å². The zero-order chi connectivity index (χ0) is 17.5. The molecule has 2 N–H and O–H groups in total. The highest BCUT2D eigenvalue weighted by molar-refractivity contribution is 5.78. The molecular formula is C14H12F5N5. The highest BCUT2D eigenvalue weighted by Crippen LogP contribution is 2.31. The van der Waals surface area contributed by atoms with Gasteiger partial charge in [-0.2, -0.15) is 18.3 Å². The van der Waals surface area contributed by atoms with Crippen molar-refractivity contribution in [3.63, 3.8) is 0 Å². The van der Waals surface area contributed by atoms with Crippen LogP contribution in [0.4, 0.5) is 27.9 Å². The number of rotatable bonds is 4. The Morgan fingerprint density at radius 1 is 1.29 bits per heavy atom. The monoisotopic (exact) mass is 345 g/mol. The van der Waals surface area contributed by atoms with Crippen LogP contribution in [-0.4, -0.2) is 19.7 Å². The van der Waals surface area contributed by atoms with E-state index in [1.54, 1.807) is 0 Å². The van der Waals surface area contributed by atoms with Crippen molar-refractivity contribution in [2.75, 3.05) is 5.32 Å². The third-order valence-corrected chi connectivity index (χ3v) is 3.40. The number of hydrogen-bond donors (Lipinski definition) is 2. The van der Waals surface area contributed by atoms with Crippen molar-refractivity contribution in [1.82, 2.24) is 19.7 Å². The number of nitrogens with one attached hydrogen (secondary N) is 2. The van der Waals surface area contributed by atoms with E-state index in [0.717, 1.165) is 12.1 Å².